The number of hydrogen-bond donors (Lipinski definition) is 2. The third-order valence-electron chi connectivity index (χ3n) is 5.22. The van der Waals surface area contributed by atoms with Crippen molar-refractivity contribution in [2.45, 2.75) is 24.7 Å². The largest absolute Gasteiger partial charge is 0.479 e. The maximum atomic E-state index is 14.2. The molecule has 216 valence electrons. The van der Waals surface area contributed by atoms with Gasteiger partial charge in [0.2, 0.25) is 5.76 Å². The summed E-state index contributed by atoms with van der Waals surface area (Å²) in [6.07, 6.45) is -8.23. The van der Waals surface area contributed by atoms with Gasteiger partial charge in [0.25, 0.3) is 5.88 Å². The Hall–Kier alpha value is -3.82. The molecule has 3 aromatic rings. The Bertz CT molecular complexity index is 1340. The van der Waals surface area contributed by atoms with E-state index in [0.29, 0.717) is 16.1 Å². The standard InChI is InChI=1S/C24H20ClF6N3O6/c1-38-20-9-19(40-33-20)21(36)32-34(11-18(35)22(37)39-12-23(27,28)24(29,30)31)10-13-2-4-14(5-3-13)16-8-15(25)6-7-17(16)26/h2-9,18,35H,10-12H2,1H3,(H,32,36)/t18-/m1/s1. The molecule has 3 rings (SSSR count). The molecule has 0 unspecified atom stereocenters. The van der Waals surface area contributed by atoms with Crippen LogP contribution in [0.3, 0.4) is 0 Å². The highest BCUT2D eigenvalue weighted by molar-refractivity contribution is 6.30. The van der Waals surface area contributed by atoms with Crippen LogP contribution in [0.15, 0.2) is 53.1 Å². The summed E-state index contributed by atoms with van der Waals surface area (Å²) >= 11 is 5.93. The van der Waals surface area contributed by atoms with Gasteiger partial charge in [-0.15, -0.1) is 0 Å². The normalized spacial score (nSPS) is 12.8. The number of alkyl halides is 5. The van der Waals surface area contributed by atoms with E-state index in [2.05, 4.69) is 15.3 Å². The van der Waals surface area contributed by atoms with Gasteiger partial charge < -0.3 is 19.1 Å². The van der Waals surface area contributed by atoms with Crippen LogP contribution in [-0.2, 0) is 16.1 Å². The molecule has 1 heterocycles. The minimum Gasteiger partial charge on any atom is -0.479 e. The number of ether oxygens (including phenoxy) is 2. The van der Waals surface area contributed by atoms with Gasteiger partial charge in [0.15, 0.2) is 12.7 Å². The van der Waals surface area contributed by atoms with Gasteiger partial charge in [-0.2, -0.15) is 22.0 Å². The van der Waals surface area contributed by atoms with E-state index in [4.69, 9.17) is 20.9 Å². The number of benzene rings is 2. The number of rotatable bonds is 11. The molecule has 0 aliphatic rings. The highest BCUT2D eigenvalue weighted by Gasteiger charge is 2.58. The highest BCUT2D eigenvalue weighted by Crippen LogP contribution is 2.35. The first-order chi connectivity index (χ1) is 18.7. The van der Waals surface area contributed by atoms with Crippen molar-refractivity contribution in [2.24, 2.45) is 0 Å². The molecule has 2 aromatic carbocycles. The van der Waals surface area contributed by atoms with Crippen molar-refractivity contribution in [2.75, 3.05) is 20.3 Å². The number of hydrogen-bond acceptors (Lipinski definition) is 8. The molecule has 2 N–H and O–H groups in total. The number of esters is 1. The number of nitrogens with one attached hydrogen (secondary N) is 1. The van der Waals surface area contributed by atoms with Gasteiger partial charge in [0.05, 0.1) is 19.7 Å². The lowest BCUT2D eigenvalue weighted by molar-refractivity contribution is -0.294. The fraction of sp³-hybridized carbons (Fsp3) is 0.292. The van der Waals surface area contributed by atoms with Crippen LogP contribution in [-0.4, -0.2) is 65.6 Å². The molecule has 0 aliphatic carbocycles. The lowest BCUT2D eigenvalue weighted by Crippen LogP contribution is -2.48. The van der Waals surface area contributed by atoms with Crippen molar-refractivity contribution >= 4 is 23.5 Å². The number of aliphatic hydroxyl groups is 1. The molecule has 9 nitrogen and oxygen atoms in total. The molecule has 0 spiro atoms. The van der Waals surface area contributed by atoms with Crippen LogP contribution in [0.5, 0.6) is 5.88 Å². The Balaban J connectivity index is 1.76. The van der Waals surface area contributed by atoms with E-state index in [1.165, 1.54) is 49.6 Å². The Labute approximate surface area is 227 Å². The second-order valence-electron chi connectivity index (χ2n) is 8.20. The maximum absolute atomic E-state index is 14.2. The third kappa shape index (κ3) is 7.86. The Kier molecular flexibility index (Phi) is 9.65. The predicted octanol–water partition coefficient (Wildman–Crippen LogP) is 4.39. The summed E-state index contributed by atoms with van der Waals surface area (Å²) in [7, 11) is 1.26. The molecular weight excluding hydrogens is 576 g/mol. The molecule has 0 saturated heterocycles. The van der Waals surface area contributed by atoms with Crippen molar-refractivity contribution in [1.29, 1.82) is 0 Å². The van der Waals surface area contributed by atoms with Crippen LogP contribution in [0.1, 0.15) is 16.1 Å². The van der Waals surface area contributed by atoms with Gasteiger partial charge in [-0.3, -0.25) is 10.2 Å². The summed E-state index contributed by atoms with van der Waals surface area (Å²) in [5, 5.41) is 14.8. The zero-order valence-electron chi connectivity index (χ0n) is 20.3. The number of halogens is 7. The number of nitrogens with zero attached hydrogens (tertiary/aromatic N) is 2. The average Bonchev–Trinajstić information content (AvgIpc) is 3.38. The summed E-state index contributed by atoms with van der Waals surface area (Å²) in [5.41, 5.74) is 3.38. The highest BCUT2D eigenvalue weighted by atomic mass is 35.5. The second-order valence-corrected chi connectivity index (χ2v) is 8.64. The monoisotopic (exact) mass is 595 g/mol. The third-order valence-corrected chi connectivity index (χ3v) is 5.46. The number of amides is 1. The molecule has 0 radical (unpaired) electrons. The van der Waals surface area contributed by atoms with Crippen LogP contribution >= 0.6 is 11.6 Å². The number of carbonyl (C=O) groups excluding carboxylic acids is 2. The summed E-state index contributed by atoms with van der Waals surface area (Å²) < 4.78 is 91.0. The maximum Gasteiger partial charge on any atom is 0.456 e. The predicted molar refractivity (Wildman–Crippen MR) is 126 cm³/mol. The van der Waals surface area contributed by atoms with Crippen molar-refractivity contribution in [3.8, 4) is 17.0 Å². The van der Waals surface area contributed by atoms with E-state index in [9.17, 15) is 41.0 Å². The van der Waals surface area contributed by atoms with Crippen LogP contribution in [0.4, 0.5) is 26.3 Å². The zero-order chi connectivity index (χ0) is 29.7. The number of carbonyl (C=O) groups is 2. The molecule has 1 aromatic heterocycles. The molecule has 1 amide bonds. The van der Waals surface area contributed by atoms with Crippen molar-refractivity contribution in [3.05, 3.63) is 70.7 Å². The first kappa shape index (κ1) is 30.7. The Morgan fingerprint density at radius 2 is 1.80 bits per heavy atom. The van der Waals surface area contributed by atoms with Crippen LogP contribution in [0, 0.1) is 5.82 Å². The van der Waals surface area contributed by atoms with Crippen molar-refractivity contribution < 1.29 is 55.0 Å². The molecule has 0 bridgehead atoms. The first-order valence-electron chi connectivity index (χ1n) is 11.1. The summed E-state index contributed by atoms with van der Waals surface area (Å²) in [5.74, 6) is -9.00. The fourth-order valence-electron chi connectivity index (χ4n) is 3.16. The van der Waals surface area contributed by atoms with Crippen LogP contribution in [0.25, 0.3) is 11.1 Å². The molecular formula is C24H20ClF6N3O6. The van der Waals surface area contributed by atoms with Crippen LogP contribution < -0.4 is 10.2 Å². The van der Waals surface area contributed by atoms with Crippen molar-refractivity contribution in [3.63, 3.8) is 0 Å². The smallest absolute Gasteiger partial charge is 0.456 e. The molecule has 0 fully saturated rings. The first-order valence-corrected chi connectivity index (χ1v) is 11.5. The van der Waals surface area contributed by atoms with Crippen LogP contribution in [0.2, 0.25) is 5.02 Å². The van der Waals surface area contributed by atoms with Gasteiger partial charge in [0.1, 0.15) is 5.82 Å². The SMILES string of the molecule is COc1cc(C(=O)NN(Cc2ccc(-c3cc(Cl)ccc3F)cc2)C[C@@H](O)C(=O)OCC(F)(F)C(F)(F)F)on1. The fourth-order valence-corrected chi connectivity index (χ4v) is 3.33. The molecule has 40 heavy (non-hydrogen) atoms. The average molecular weight is 596 g/mol. The van der Waals surface area contributed by atoms with E-state index in [1.807, 2.05) is 0 Å². The quantitative estimate of drug-likeness (QED) is 0.191. The van der Waals surface area contributed by atoms with E-state index in [-0.39, 0.29) is 23.7 Å². The summed E-state index contributed by atoms with van der Waals surface area (Å²) in [6.45, 7) is -3.39. The lowest BCUT2D eigenvalue weighted by atomic mass is 10.0. The minimum atomic E-state index is -5.98. The van der Waals surface area contributed by atoms with Gasteiger partial charge in [-0.25, -0.2) is 14.2 Å². The summed E-state index contributed by atoms with van der Waals surface area (Å²) in [6, 6.07) is 11.2. The molecule has 0 saturated carbocycles. The van der Waals surface area contributed by atoms with E-state index >= 15 is 0 Å². The zero-order valence-corrected chi connectivity index (χ0v) is 21.1. The van der Waals surface area contributed by atoms with Gasteiger partial charge >= 0.3 is 24.0 Å². The number of aromatic nitrogens is 1. The molecule has 0 aliphatic heterocycles. The van der Waals surface area contributed by atoms with Gasteiger partial charge in [-0.1, -0.05) is 35.9 Å². The number of methoxy groups -OCH3 is 1. The number of aliphatic hydroxyl groups excluding tert-OH is 1. The van der Waals surface area contributed by atoms with E-state index in [0.717, 1.165) is 11.1 Å². The lowest BCUT2D eigenvalue weighted by Gasteiger charge is -2.25. The molecule has 16 heteroatoms. The Morgan fingerprint density at radius 3 is 2.40 bits per heavy atom. The van der Waals surface area contributed by atoms with Crippen molar-refractivity contribution in [1.82, 2.24) is 15.6 Å². The topological polar surface area (TPSA) is 114 Å². The van der Waals surface area contributed by atoms with Gasteiger partial charge in [-0.05, 0) is 34.5 Å². The Morgan fingerprint density at radius 1 is 1.12 bits per heavy atom. The minimum absolute atomic E-state index is 0.0465. The molecule has 1 atom stereocenters. The van der Waals surface area contributed by atoms with Gasteiger partial charge in [0, 0.05) is 17.1 Å². The van der Waals surface area contributed by atoms with E-state index in [1.54, 1.807) is 0 Å². The van der Waals surface area contributed by atoms with E-state index < -0.39 is 49.0 Å². The number of hydrazine groups is 1. The summed E-state index contributed by atoms with van der Waals surface area (Å²) in [4.78, 5) is 24.5. The second kappa shape index (κ2) is 12.6.